The van der Waals surface area contributed by atoms with Gasteiger partial charge in [0.1, 0.15) is 5.82 Å². The number of amides is 2. The number of para-hydroxylation sites is 1. The van der Waals surface area contributed by atoms with Crippen LogP contribution in [0.15, 0.2) is 47.3 Å². The van der Waals surface area contributed by atoms with Crippen LogP contribution >= 0.6 is 0 Å². The lowest BCUT2D eigenvalue weighted by Gasteiger charge is -2.27. The van der Waals surface area contributed by atoms with Crippen molar-refractivity contribution in [3.63, 3.8) is 0 Å². The molecule has 2 aliphatic heterocycles. The predicted octanol–water partition coefficient (Wildman–Crippen LogP) is 4.00. The van der Waals surface area contributed by atoms with Gasteiger partial charge in [-0.3, -0.25) is 19.0 Å². The van der Waals surface area contributed by atoms with Gasteiger partial charge in [-0.05, 0) is 62.4 Å². The minimum atomic E-state index is -0.326. The van der Waals surface area contributed by atoms with E-state index < -0.39 is 0 Å². The number of anilines is 1. The number of hydrogen-bond acceptors (Lipinski definition) is 4. The van der Waals surface area contributed by atoms with Crippen LogP contribution in [-0.2, 0) is 13.0 Å². The Kier molecular flexibility index (Phi) is 5.94. The maximum Gasteiger partial charge on any atom is 0.261 e. The van der Waals surface area contributed by atoms with Crippen LogP contribution < -0.4 is 10.9 Å². The Balaban J connectivity index is 1.43. The quantitative estimate of drug-likeness (QED) is 0.662. The normalized spacial score (nSPS) is 16.2. The second kappa shape index (κ2) is 9.17. The molecular formula is C26H28N4O3. The van der Waals surface area contributed by atoms with E-state index >= 15 is 0 Å². The molecule has 0 bridgehead atoms. The van der Waals surface area contributed by atoms with E-state index in [0.717, 1.165) is 63.9 Å². The fourth-order valence-electron chi connectivity index (χ4n) is 4.80. The van der Waals surface area contributed by atoms with Gasteiger partial charge in [0.25, 0.3) is 17.4 Å². The first kappa shape index (κ1) is 21.4. The summed E-state index contributed by atoms with van der Waals surface area (Å²) in [5.41, 5.74) is 1.90. The molecule has 3 aromatic rings. The molecule has 33 heavy (non-hydrogen) atoms. The summed E-state index contributed by atoms with van der Waals surface area (Å²) in [6.07, 6.45) is 7.01. The van der Waals surface area contributed by atoms with E-state index in [1.165, 1.54) is 0 Å². The largest absolute Gasteiger partial charge is 0.339 e. The SMILES string of the molecule is O=C(Nc1ccccc1C(=O)N1CCCCC1)c1ccc2c(=O)n3c(nc2c1)CCCCC3. The lowest BCUT2D eigenvalue weighted by Crippen LogP contribution is -2.36. The number of piperidine rings is 1. The summed E-state index contributed by atoms with van der Waals surface area (Å²) in [5.74, 6) is 0.411. The Bertz CT molecular complexity index is 1270. The van der Waals surface area contributed by atoms with Crippen molar-refractivity contribution in [2.45, 2.75) is 51.5 Å². The van der Waals surface area contributed by atoms with Crippen molar-refractivity contribution in [1.82, 2.24) is 14.5 Å². The Labute approximate surface area is 192 Å². The number of fused-ring (bicyclic) bond motifs is 2. The highest BCUT2D eigenvalue weighted by molar-refractivity contribution is 6.10. The van der Waals surface area contributed by atoms with Crippen molar-refractivity contribution in [2.75, 3.05) is 18.4 Å². The molecule has 7 nitrogen and oxygen atoms in total. The molecule has 7 heteroatoms. The summed E-state index contributed by atoms with van der Waals surface area (Å²) < 4.78 is 1.78. The number of aryl methyl sites for hydroxylation is 1. The van der Waals surface area contributed by atoms with E-state index in [1.54, 1.807) is 41.0 Å². The first-order chi connectivity index (χ1) is 16.1. The van der Waals surface area contributed by atoms with Gasteiger partial charge in [-0.2, -0.15) is 0 Å². The molecule has 0 unspecified atom stereocenters. The number of aromatic nitrogens is 2. The van der Waals surface area contributed by atoms with Gasteiger partial charge in [0.15, 0.2) is 0 Å². The summed E-state index contributed by atoms with van der Waals surface area (Å²) in [6.45, 7) is 2.19. The van der Waals surface area contributed by atoms with E-state index in [2.05, 4.69) is 5.32 Å². The Morgan fingerprint density at radius 1 is 0.879 bits per heavy atom. The summed E-state index contributed by atoms with van der Waals surface area (Å²) in [5, 5.41) is 3.43. The smallest absolute Gasteiger partial charge is 0.261 e. The fourth-order valence-corrected chi connectivity index (χ4v) is 4.80. The van der Waals surface area contributed by atoms with E-state index in [0.29, 0.717) is 34.3 Å². The molecule has 3 heterocycles. The Morgan fingerprint density at radius 3 is 2.48 bits per heavy atom. The molecule has 1 N–H and O–H groups in total. The molecule has 2 aliphatic rings. The van der Waals surface area contributed by atoms with Crippen molar-refractivity contribution in [2.24, 2.45) is 0 Å². The summed E-state index contributed by atoms with van der Waals surface area (Å²) in [4.78, 5) is 45.7. The third-order valence-electron chi connectivity index (χ3n) is 6.63. The van der Waals surface area contributed by atoms with E-state index in [1.807, 2.05) is 11.0 Å². The summed E-state index contributed by atoms with van der Waals surface area (Å²) in [6, 6.07) is 12.1. The van der Waals surface area contributed by atoms with Crippen LogP contribution in [0.5, 0.6) is 0 Å². The molecule has 5 rings (SSSR count). The topological polar surface area (TPSA) is 84.3 Å². The molecule has 0 aliphatic carbocycles. The minimum absolute atomic E-state index is 0.0404. The van der Waals surface area contributed by atoms with E-state index in [-0.39, 0.29) is 17.4 Å². The molecule has 1 saturated heterocycles. The van der Waals surface area contributed by atoms with Gasteiger partial charge in [0.2, 0.25) is 0 Å². The maximum atomic E-state index is 13.1. The van der Waals surface area contributed by atoms with Gasteiger partial charge in [-0.1, -0.05) is 18.6 Å². The molecule has 0 atom stereocenters. The van der Waals surface area contributed by atoms with Gasteiger partial charge in [0.05, 0.1) is 22.2 Å². The standard InChI is InChI=1S/C26H28N4O3/c31-24(28-21-10-5-4-9-19(21)25(32)29-14-6-2-7-15-29)18-12-13-20-22(17-18)27-23-11-3-1-8-16-30(23)26(20)33/h4-5,9-10,12-13,17H,1-3,6-8,11,14-16H2,(H,28,31). The van der Waals surface area contributed by atoms with Crippen molar-refractivity contribution in [1.29, 1.82) is 0 Å². The second-order valence-electron chi connectivity index (χ2n) is 8.88. The van der Waals surface area contributed by atoms with Crippen LogP contribution in [0.2, 0.25) is 0 Å². The Hall–Kier alpha value is -3.48. The summed E-state index contributed by atoms with van der Waals surface area (Å²) in [7, 11) is 0. The lowest BCUT2D eigenvalue weighted by molar-refractivity contribution is 0.0725. The zero-order valence-corrected chi connectivity index (χ0v) is 18.7. The zero-order chi connectivity index (χ0) is 22.8. The van der Waals surface area contributed by atoms with Gasteiger partial charge < -0.3 is 10.2 Å². The number of carbonyl (C=O) groups is 2. The first-order valence-electron chi connectivity index (χ1n) is 11.8. The highest BCUT2D eigenvalue weighted by atomic mass is 16.2. The molecule has 0 saturated carbocycles. The van der Waals surface area contributed by atoms with Gasteiger partial charge >= 0.3 is 0 Å². The second-order valence-corrected chi connectivity index (χ2v) is 8.88. The molecule has 2 amide bonds. The number of hydrogen-bond donors (Lipinski definition) is 1. The third-order valence-corrected chi connectivity index (χ3v) is 6.63. The molecule has 1 aromatic heterocycles. The van der Waals surface area contributed by atoms with Crippen LogP contribution in [0.3, 0.4) is 0 Å². The molecule has 1 fully saturated rings. The lowest BCUT2D eigenvalue weighted by atomic mass is 10.1. The fraction of sp³-hybridized carbons (Fsp3) is 0.385. The molecule has 0 radical (unpaired) electrons. The average Bonchev–Trinajstić information content (AvgIpc) is 3.10. The minimum Gasteiger partial charge on any atom is -0.339 e. The molecule has 0 spiro atoms. The maximum absolute atomic E-state index is 13.1. The monoisotopic (exact) mass is 444 g/mol. The first-order valence-corrected chi connectivity index (χ1v) is 11.8. The molecule has 170 valence electrons. The van der Waals surface area contributed by atoms with Crippen molar-refractivity contribution in [3.05, 3.63) is 69.8 Å². The van der Waals surface area contributed by atoms with Crippen LogP contribution in [0.4, 0.5) is 5.69 Å². The zero-order valence-electron chi connectivity index (χ0n) is 18.7. The third kappa shape index (κ3) is 4.27. The highest BCUT2D eigenvalue weighted by Crippen LogP contribution is 2.22. The number of carbonyl (C=O) groups excluding carboxylic acids is 2. The highest BCUT2D eigenvalue weighted by Gasteiger charge is 2.22. The van der Waals surface area contributed by atoms with Crippen LogP contribution in [0, 0.1) is 0 Å². The average molecular weight is 445 g/mol. The van der Waals surface area contributed by atoms with Crippen molar-refractivity contribution < 1.29 is 9.59 Å². The van der Waals surface area contributed by atoms with E-state index in [9.17, 15) is 14.4 Å². The predicted molar refractivity (Wildman–Crippen MR) is 128 cm³/mol. The van der Waals surface area contributed by atoms with E-state index in [4.69, 9.17) is 4.98 Å². The van der Waals surface area contributed by atoms with Crippen molar-refractivity contribution >= 4 is 28.4 Å². The van der Waals surface area contributed by atoms with Crippen LogP contribution in [-0.4, -0.2) is 39.4 Å². The molecular weight excluding hydrogens is 416 g/mol. The van der Waals surface area contributed by atoms with Gasteiger partial charge in [0, 0.05) is 31.6 Å². The van der Waals surface area contributed by atoms with Crippen LogP contribution in [0.1, 0.15) is 65.1 Å². The van der Waals surface area contributed by atoms with Gasteiger partial charge in [-0.15, -0.1) is 0 Å². The number of nitrogens with zero attached hydrogens (tertiary/aromatic N) is 3. The number of benzene rings is 2. The van der Waals surface area contributed by atoms with Crippen LogP contribution in [0.25, 0.3) is 10.9 Å². The number of rotatable bonds is 3. The van der Waals surface area contributed by atoms with Crippen molar-refractivity contribution in [3.8, 4) is 0 Å². The van der Waals surface area contributed by atoms with Gasteiger partial charge in [-0.25, -0.2) is 4.98 Å². The number of likely N-dealkylation sites (tertiary alicyclic amines) is 1. The molecule has 2 aromatic carbocycles. The Morgan fingerprint density at radius 2 is 1.64 bits per heavy atom. The number of nitrogens with one attached hydrogen (secondary N) is 1. The summed E-state index contributed by atoms with van der Waals surface area (Å²) >= 11 is 0.